The number of ether oxygens (including phenoxy) is 1. The van der Waals surface area contributed by atoms with Crippen LogP contribution in [-0.2, 0) is 12.8 Å². The summed E-state index contributed by atoms with van der Waals surface area (Å²) in [6.45, 7) is 7.33. The number of rotatable bonds is 8. The molecule has 0 fully saturated rings. The molecule has 1 heterocycles. The number of nitrogens with one attached hydrogen (secondary N) is 2. The predicted molar refractivity (Wildman–Crippen MR) is 99.2 cm³/mol. The molecule has 0 radical (unpaired) electrons. The SMILES string of the molecule is CCCOc1cc(C)ccc1NC(=O)NCCc1csc(CC)n1. The summed E-state index contributed by atoms with van der Waals surface area (Å²) in [5.74, 6) is 0.707. The number of aryl methyl sites for hydroxylation is 2. The molecule has 2 amide bonds. The van der Waals surface area contributed by atoms with Gasteiger partial charge in [0, 0.05) is 18.3 Å². The first-order valence-electron chi connectivity index (χ1n) is 8.34. The fourth-order valence-electron chi connectivity index (χ4n) is 2.16. The van der Waals surface area contributed by atoms with Gasteiger partial charge in [0.2, 0.25) is 0 Å². The van der Waals surface area contributed by atoms with Gasteiger partial charge in [-0.05, 0) is 37.5 Å². The molecule has 0 aliphatic rings. The van der Waals surface area contributed by atoms with Gasteiger partial charge in [0.25, 0.3) is 0 Å². The molecule has 1 aromatic heterocycles. The first kappa shape index (κ1) is 18.3. The van der Waals surface area contributed by atoms with Crippen LogP contribution in [0.1, 0.15) is 36.5 Å². The van der Waals surface area contributed by atoms with Crippen molar-refractivity contribution < 1.29 is 9.53 Å². The molecule has 1 aromatic carbocycles. The highest BCUT2D eigenvalue weighted by Crippen LogP contribution is 2.25. The van der Waals surface area contributed by atoms with E-state index in [0.717, 1.165) is 35.5 Å². The maximum absolute atomic E-state index is 12.1. The summed E-state index contributed by atoms with van der Waals surface area (Å²) in [5, 5.41) is 8.90. The summed E-state index contributed by atoms with van der Waals surface area (Å²) in [7, 11) is 0. The Morgan fingerprint density at radius 2 is 2.17 bits per heavy atom. The van der Waals surface area contributed by atoms with E-state index in [2.05, 4.69) is 34.8 Å². The van der Waals surface area contributed by atoms with Crippen molar-refractivity contribution in [3.63, 3.8) is 0 Å². The van der Waals surface area contributed by atoms with Crippen LogP contribution in [0.25, 0.3) is 0 Å². The number of carbonyl (C=O) groups excluding carboxylic acids is 1. The molecule has 0 bridgehead atoms. The highest BCUT2D eigenvalue weighted by atomic mass is 32.1. The highest BCUT2D eigenvalue weighted by Gasteiger charge is 2.08. The molecule has 2 N–H and O–H groups in total. The van der Waals surface area contributed by atoms with Gasteiger partial charge in [-0.1, -0.05) is 19.9 Å². The van der Waals surface area contributed by atoms with E-state index < -0.39 is 0 Å². The van der Waals surface area contributed by atoms with Crippen LogP contribution in [0.5, 0.6) is 5.75 Å². The third-order valence-corrected chi connectivity index (χ3v) is 4.46. The molecule has 0 saturated heterocycles. The Bertz CT molecular complexity index is 670. The lowest BCUT2D eigenvalue weighted by Gasteiger charge is -2.13. The van der Waals surface area contributed by atoms with E-state index >= 15 is 0 Å². The summed E-state index contributed by atoms with van der Waals surface area (Å²) in [6, 6.07) is 5.53. The summed E-state index contributed by atoms with van der Waals surface area (Å²) < 4.78 is 5.71. The van der Waals surface area contributed by atoms with Gasteiger partial charge in [-0.2, -0.15) is 0 Å². The average Bonchev–Trinajstić information content (AvgIpc) is 3.03. The van der Waals surface area contributed by atoms with Gasteiger partial charge in [0.15, 0.2) is 0 Å². The predicted octanol–water partition coefficient (Wildman–Crippen LogP) is 4.17. The second kappa shape index (κ2) is 9.27. The first-order valence-corrected chi connectivity index (χ1v) is 9.22. The zero-order chi connectivity index (χ0) is 17.4. The van der Waals surface area contributed by atoms with E-state index in [-0.39, 0.29) is 6.03 Å². The Kier molecular flexibility index (Phi) is 7.06. The topological polar surface area (TPSA) is 63.2 Å². The number of benzene rings is 1. The number of anilines is 1. The Hall–Kier alpha value is -2.08. The van der Waals surface area contributed by atoms with Crippen molar-refractivity contribution in [3.05, 3.63) is 39.8 Å². The van der Waals surface area contributed by atoms with Gasteiger partial charge in [0.05, 0.1) is 23.0 Å². The van der Waals surface area contributed by atoms with Gasteiger partial charge in [-0.15, -0.1) is 11.3 Å². The van der Waals surface area contributed by atoms with E-state index in [0.29, 0.717) is 24.6 Å². The zero-order valence-electron chi connectivity index (χ0n) is 14.5. The van der Waals surface area contributed by atoms with Crippen LogP contribution < -0.4 is 15.4 Å². The zero-order valence-corrected chi connectivity index (χ0v) is 15.3. The van der Waals surface area contributed by atoms with E-state index in [1.165, 1.54) is 0 Å². The van der Waals surface area contributed by atoms with Crippen LogP contribution >= 0.6 is 11.3 Å². The van der Waals surface area contributed by atoms with Crippen molar-refractivity contribution in [1.82, 2.24) is 10.3 Å². The van der Waals surface area contributed by atoms with Crippen molar-refractivity contribution in [2.24, 2.45) is 0 Å². The third kappa shape index (κ3) is 5.53. The standard InChI is InChI=1S/C18H25N3O2S/c1-4-10-23-16-11-13(3)6-7-15(16)21-18(22)19-9-8-14-12-24-17(5-2)20-14/h6-7,11-12H,4-5,8-10H2,1-3H3,(H2,19,21,22). The van der Waals surface area contributed by atoms with Gasteiger partial charge in [0.1, 0.15) is 5.75 Å². The summed E-state index contributed by atoms with van der Waals surface area (Å²) in [5.41, 5.74) is 2.82. The van der Waals surface area contributed by atoms with Crippen molar-refractivity contribution in [1.29, 1.82) is 0 Å². The van der Waals surface area contributed by atoms with E-state index in [4.69, 9.17) is 4.74 Å². The molecule has 0 aliphatic heterocycles. The molecule has 0 unspecified atom stereocenters. The molecule has 2 rings (SSSR count). The molecule has 2 aromatic rings. The maximum atomic E-state index is 12.1. The number of thiazole rings is 1. The minimum atomic E-state index is -0.230. The van der Waals surface area contributed by atoms with Crippen LogP contribution in [0.4, 0.5) is 10.5 Å². The monoisotopic (exact) mass is 347 g/mol. The Morgan fingerprint density at radius 3 is 2.88 bits per heavy atom. The van der Waals surface area contributed by atoms with Gasteiger partial charge in [-0.25, -0.2) is 9.78 Å². The number of aromatic nitrogens is 1. The van der Waals surface area contributed by atoms with Crippen molar-refractivity contribution in [2.75, 3.05) is 18.5 Å². The minimum absolute atomic E-state index is 0.230. The Balaban J connectivity index is 1.85. The van der Waals surface area contributed by atoms with Crippen molar-refractivity contribution in [3.8, 4) is 5.75 Å². The number of amides is 2. The van der Waals surface area contributed by atoms with Crippen molar-refractivity contribution >= 4 is 23.1 Å². The van der Waals surface area contributed by atoms with Gasteiger partial charge in [-0.3, -0.25) is 0 Å². The van der Waals surface area contributed by atoms with E-state index in [9.17, 15) is 4.79 Å². The lowest BCUT2D eigenvalue weighted by molar-refractivity contribution is 0.252. The number of urea groups is 1. The smallest absolute Gasteiger partial charge is 0.319 e. The fourth-order valence-corrected chi connectivity index (χ4v) is 2.94. The van der Waals surface area contributed by atoms with Crippen LogP contribution in [0, 0.1) is 6.92 Å². The largest absolute Gasteiger partial charge is 0.491 e. The normalized spacial score (nSPS) is 10.5. The van der Waals surface area contributed by atoms with Crippen LogP contribution in [-0.4, -0.2) is 24.2 Å². The molecule has 130 valence electrons. The van der Waals surface area contributed by atoms with Crippen LogP contribution in [0.2, 0.25) is 0 Å². The molecule has 0 spiro atoms. The van der Waals surface area contributed by atoms with Crippen LogP contribution in [0.3, 0.4) is 0 Å². The Labute approximate surface area is 147 Å². The number of hydrogen-bond donors (Lipinski definition) is 2. The molecule has 5 nitrogen and oxygen atoms in total. The molecule has 0 aliphatic carbocycles. The average molecular weight is 347 g/mol. The summed E-state index contributed by atoms with van der Waals surface area (Å²) >= 11 is 1.67. The summed E-state index contributed by atoms with van der Waals surface area (Å²) in [6.07, 6.45) is 2.61. The molecule has 0 atom stereocenters. The molecule has 24 heavy (non-hydrogen) atoms. The number of hydrogen-bond acceptors (Lipinski definition) is 4. The summed E-state index contributed by atoms with van der Waals surface area (Å²) in [4.78, 5) is 16.6. The second-order valence-corrected chi connectivity index (χ2v) is 6.51. The molecule has 0 saturated carbocycles. The van der Waals surface area contributed by atoms with Crippen LogP contribution in [0.15, 0.2) is 23.6 Å². The van der Waals surface area contributed by atoms with E-state index in [1.807, 2.05) is 25.1 Å². The highest BCUT2D eigenvalue weighted by molar-refractivity contribution is 7.09. The first-order chi connectivity index (χ1) is 11.6. The van der Waals surface area contributed by atoms with Gasteiger partial charge >= 0.3 is 6.03 Å². The molecular formula is C18H25N3O2S. The van der Waals surface area contributed by atoms with E-state index in [1.54, 1.807) is 11.3 Å². The molecular weight excluding hydrogens is 322 g/mol. The minimum Gasteiger partial charge on any atom is -0.491 e. The lowest BCUT2D eigenvalue weighted by atomic mass is 10.2. The van der Waals surface area contributed by atoms with Gasteiger partial charge < -0.3 is 15.4 Å². The number of carbonyl (C=O) groups is 1. The maximum Gasteiger partial charge on any atom is 0.319 e. The second-order valence-electron chi connectivity index (χ2n) is 5.57. The lowest BCUT2D eigenvalue weighted by Crippen LogP contribution is -2.30. The Morgan fingerprint density at radius 1 is 1.33 bits per heavy atom. The van der Waals surface area contributed by atoms with Crippen molar-refractivity contribution in [2.45, 2.75) is 40.0 Å². The third-order valence-electron chi connectivity index (χ3n) is 3.42. The molecule has 6 heteroatoms. The number of nitrogens with zero attached hydrogens (tertiary/aromatic N) is 1. The quantitative estimate of drug-likeness (QED) is 0.753. The fraction of sp³-hybridized carbons (Fsp3) is 0.444.